The van der Waals surface area contributed by atoms with Gasteiger partial charge in [0.15, 0.2) is 0 Å². The summed E-state index contributed by atoms with van der Waals surface area (Å²) >= 11 is 1.56. The lowest BCUT2D eigenvalue weighted by Crippen LogP contribution is -2.28. The van der Waals surface area contributed by atoms with Gasteiger partial charge in [0.2, 0.25) is 5.91 Å². The van der Waals surface area contributed by atoms with Crippen LogP contribution in [0, 0.1) is 13.8 Å². The molecule has 3 rings (SSSR count). The zero-order chi connectivity index (χ0) is 17.1. The molecule has 0 radical (unpaired) electrons. The standard InChI is InChI=1S/C17H20N4O2S/c1-11-13(12(2)23-20-11)8-21(3)17(22)10-24-9-16-18-14-6-4-5-7-15(14)19-16/h4-7H,8-10H2,1-3H3,(H,18,19). The molecule has 3 aromatic rings. The second-order valence-corrected chi connectivity index (χ2v) is 6.73. The van der Waals surface area contributed by atoms with Crippen molar-refractivity contribution >= 4 is 28.7 Å². The monoisotopic (exact) mass is 344 g/mol. The number of aromatic nitrogens is 3. The van der Waals surface area contributed by atoms with Gasteiger partial charge in [-0.05, 0) is 26.0 Å². The highest BCUT2D eigenvalue weighted by molar-refractivity contribution is 7.99. The topological polar surface area (TPSA) is 75.0 Å². The second-order valence-electron chi connectivity index (χ2n) is 5.75. The molecule has 7 heteroatoms. The number of nitrogens with one attached hydrogen (secondary N) is 1. The minimum absolute atomic E-state index is 0.0797. The molecule has 0 saturated heterocycles. The van der Waals surface area contributed by atoms with Gasteiger partial charge in [0.1, 0.15) is 11.6 Å². The first-order valence-electron chi connectivity index (χ1n) is 7.71. The van der Waals surface area contributed by atoms with E-state index in [1.54, 1.807) is 23.7 Å². The molecule has 0 fully saturated rings. The highest BCUT2D eigenvalue weighted by Gasteiger charge is 2.15. The van der Waals surface area contributed by atoms with Gasteiger partial charge in [0.05, 0.1) is 34.8 Å². The molecule has 1 amide bonds. The number of imidazole rings is 1. The summed E-state index contributed by atoms with van der Waals surface area (Å²) < 4.78 is 5.14. The van der Waals surface area contributed by atoms with Crippen molar-refractivity contribution in [3.63, 3.8) is 0 Å². The maximum Gasteiger partial charge on any atom is 0.232 e. The molecular formula is C17H20N4O2S. The van der Waals surface area contributed by atoms with Crippen LogP contribution < -0.4 is 0 Å². The smallest absolute Gasteiger partial charge is 0.232 e. The SMILES string of the molecule is Cc1noc(C)c1CN(C)C(=O)CSCc1nc2ccccc2[nH]1. The fraction of sp³-hybridized carbons (Fsp3) is 0.353. The normalized spacial score (nSPS) is 11.1. The number of amides is 1. The van der Waals surface area contributed by atoms with Crippen LogP contribution in [0.25, 0.3) is 11.0 Å². The van der Waals surface area contributed by atoms with E-state index in [2.05, 4.69) is 15.1 Å². The molecule has 0 atom stereocenters. The first kappa shape index (κ1) is 16.6. The maximum absolute atomic E-state index is 12.3. The number of rotatable bonds is 6. The summed E-state index contributed by atoms with van der Waals surface area (Å²) in [4.78, 5) is 21.8. The summed E-state index contributed by atoms with van der Waals surface area (Å²) in [5.74, 6) is 2.83. The number of H-pyrrole nitrogens is 1. The maximum atomic E-state index is 12.3. The lowest BCUT2D eigenvalue weighted by molar-refractivity contribution is -0.127. The fourth-order valence-corrected chi connectivity index (χ4v) is 3.30. The first-order chi connectivity index (χ1) is 11.5. The van der Waals surface area contributed by atoms with Crippen molar-refractivity contribution in [3.8, 4) is 0 Å². The van der Waals surface area contributed by atoms with Crippen LogP contribution in [0.15, 0.2) is 28.8 Å². The number of hydrogen-bond donors (Lipinski definition) is 1. The molecule has 0 saturated carbocycles. The number of aryl methyl sites for hydroxylation is 2. The molecule has 24 heavy (non-hydrogen) atoms. The molecule has 6 nitrogen and oxygen atoms in total. The van der Waals surface area contributed by atoms with Crippen molar-refractivity contribution in [1.29, 1.82) is 0 Å². The number of fused-ring (bicyclic) bond motifs is 1. The highest BCUT2D eigenvalue weighted by Crippen LogP contribution is 2.17. The third kappa shape index (κ3) is 3.62. The van der Waals surface area contributed by atoms with Gasteiger partial charge in [-0.25, -0.2) is 4.98 Å². The Kier molecular flexibility index (Phi) is 4.89. The van der Waals surface area contributed by atoms with Gasteiger partial charge in [-0.3, -0.25) is 4.79 Å². The van der Waals surface area contributed by atoms with Crippen LogP contribution in [-0.2, 0) is 17.1 Å². The van der Waals surface area contributed by atoms with E-state index in [4.69, 9.17) is 4.52 Å². The Morgan fingerprint density at radius 1 is 1.33 bits per heavy atom. The van der Waals surface area contributed by atoms with Crippen LogP contribution in [0.5, 0.6) is 0 Å². The minimum Gasteiger partial charge on any atom is -0.361 e. The van der Waals surface area contributed by atoms with Crippen molar-refractivity contribution in [1.82, 2.24) is 20.0 Å². The summed E-state index contributed by atoms with van der Waals surface area (Å²) in [5.41, 5.74) is 3.79. The molecule has 0 bridgehead atoms. The average molecular weight is 344 g/mol. The first-order valence-corrected chi connectivity index (χ1v) is 8.87. The summed E-state index contributed by atoms with van der Waals surface area (Å²) in [6, 6.07) is 7.92. The van der Waals surface area contributed by atoms with Crippen LogP contribution in [-0.4, -0.2) is 38.7 Å². The molecule has 0 spiro atoms. The van der Waals surface area contributed by atoms with Crippen LogP contribution >= 0.6 is 11.8 Å². The van der Waals surface area contributed by atoms with Gasteiger partial charge in [-0.15, -0.1) is 11.8 Å². The number of nitrogens with zero attached hydrogens (tertiary/aromatic N) is 3. The number of hydrogen-bond acceptors (Lipinski definition) is 5. The van der Waals surface area contributed by atoms with E-state index < -0.39 is 0 Å². The highest BCUT2D eigenvalue weighted by atomic mass is 32.2. The number of para-hydroxylation sites is 2. The van der Waals surface area contributed by atoms with Gasteiger partial charge in [0, 0.05) is 12.6 Å². The average Bonchev–Trinajstić information content (AvgIpc) is 3.12. The number of benzene rings is 1. The zero-order valence-electron chi connectivity index (χ0n) is 14.0. The molecule has 2 heterocycles. The van der Waals surface area contributed by atoms with E-state index in [0.29, 0.717) is 18.1 Å². The van der Waals surface area contributed by atoms with Crippen LogP contribution in [0.1, 0.15) is 22.8 Å². The van der Waals surface area contributed by atoms with Crippen LogP contribution in [0.3, 0.4) is 0 Å². The summed E-state index contributed by atoms with van der Waals surface area (Å²) in [7, 11) is 1.80. The Hall–Kier alpha value is -2.28. The molecule has 0 unspecified atom stereocenters. The number of carbonyl (C=O) groups excluding carboxylic acids is 1. The minimum atomic E-state index is 0.0797. The van der Waals surface area contributed by atoms with Gasteiger partial charge < -0.3 is 14.4 Å². The second kappa shape index (κ2) is 7.09. The fourth-order valence-electron chi connectivity index (χ4n) is 2.47. The molecule has 0 aliphatic heterocycles. The van der Waals surface area contributed by atoms with E-state index in [1.165, 1.54) is 0 Å². The molecule has 1 aromatic carbocycles. The molecule has 126 valence electrons. The Morgan fingerprint density at radius 3 is 2.83 bits per heavy atom. The Balaban J connectivity index is 1.51. The van der Waals surface area contributed by atoms with Crippen molar-refractivity contribution in [2.75, 3.05) is 12.8 Å². The quantitative estimate of drug-likeness (QED) is 0.744. The van der Waals surface area contributed by atoms with E-state index >= 15 is 0 Å². The van der Waals surface area contributed by atoms with Crippen molar-refractivity contribution < 1.29 is 9.32 Å². The summed E-state index contributed by atoms with van der Waals surface area (Å²) in [5, 5.41) is 3.92. The van der Waals surface area contributed by atoms with Gasteiger partial charge in [0.25, 0.3) is 0 Å². The number of carbonyl (C=O) groups is 1. The van der Waals surface area contributed by atoms with E-state index in [9.17, 15) is 4.79 Å². The van der Waals surface area contributed by atoms with Gasteiger partial charge in [-0.1, -0.05) is 17.3 Å². The number of aromatic amines is 1. The Morgan fingerprint density at radius 2 is 2.12 bits per heavy atom. The third-order valence-corrected chi connectivity index (χ3v) is 4.83. The number of thioether (sulfide) groups is 1. The molecular weight excluding hydrogens is 324 g/mol. The summed E-state index contributed by atoms with van der Waals surface area (Å²) in [6.07, 6.45) is 0. The van der Waals surface area contributed by atoms with Crippen molar-refractivity contribution in [2.24, 2.45) is 0 Å². The van der Waals surface area contributed by atoms with Gasteiger partial charge >= 0.3 is 0 Å². The van der Waals surface area contributed by atoms with Crippen LogP contribution in [0.4, 0.5) is 0 Å². The predicted molar refractivity (Wildman–Crippen MR) is 94.7 cm³/mol. The van der Waals surface area contributed by atoms with Gasteiger partial charge in [-0.2, -0.15) is 0 Å². The largest absolute Gasteiger partial charge is 0.361 e. The molecule has 2 aromatic heterocycles. The molecule has 0 aliphatic rings. The Bertz CT molecular complexity index is 803. The zero-order valence-corrected chi connectivity index (χ0v) is 14.8. The lowest BCUT2D eigenvalue weighted by atomic mass is 10.2. The van der Waals surface area contributed by atoms with Crippen LogP contribution in [0.2, 0.25) is 0 Å². The van der Waals surface area contributed by atoms with E-state index in [-0.39, 0.29) is 5.91 Å². The predicted octanol–water partition coefficient (Wildman–Crippen LogP) is 3.06. The molecule has 1 N–H and O–H groups in total. The third-order valence-electron chi connectivity index (χ3n) is 3.90. The molecule has 0 aliphatic carbocycles. The van der Waals surface area contributed by atoms with E-state index in [1.807, 2.05) is 38.1 Å². The Labute approximate surface area is 144 Å². The summed E-state index contributed by atoms with van der Waals surface area (Å²) in [6.45, 7) is 4.27. The lowest BCUT2D eigenvalue weighted by Gasteiger charge is -2.16. The van der Waals surface area contributed by atoms with E-state index in [0.717, 1.165) is 33.9 Å². The van der Waals surface area contributed by atoms with Crippen molar-refractivity contribution in [2.45, 2.75) is 26.1 Å². The van der Waals surface area contributed by atoms with Crippen molar-refractivity contribution in [3.05, 3.63) is 47.1 Å².